The number of fused-ring (bicyclic) bond motifs is 1. The lowest BCUT2D eigenvalue weighted by Crippen LogP contribution is -2.24. The Balaban J connectivity index is 1.17. The van der Waals surface area contributed by atoms with Gasteiger partial charge in [0.25, 0.3) is 5.91 Å². The van der Waals surface area contributed by atoms with E-state index in [1.54, 1.807) is 24.3 Å². The highest BCUT2D eigenvalue weighted by molar-refractivity contribution is 6.05. The quantitative estimate of drug-likeness (QED) is 0.0920. The molecule has 0 aromatic heterocycles. The summed E-state index contributed by atoms with van der Waals surface area (Å²) in [5.74, 6) is 0.375. The van der Waals surface area contributed by atoms with Gasteiger partial charge in [-0.3, -0.25) is 4.79 Å². The SMILES string of the molecule is CCOc1cc(C=NNC(=O)COc2ccc(-c3ccccc3)cc2)ccc1OC(=O)c1cccc2ccccc12. The van der Waals surface area contributed by atoms with Gasteiger partial charge in [-0.1, -0.05) is 78.9 Å². The molecular formula is C34H28N2O5. The number of carbonyl (C=O) groups excluding carboxylic acids is 2. The van der Waals surface area contributed by atoms with Crippen LogP contribution in [0.1, 0.15) is 22.8 Å². The van der Waals surface area contributed by atoms with Crippen molar-refractivity contribution in [2.75, 3.05) is 13.2 Å². The minimum absolute atomic E-state index is 0.185. The minimum Gasteiger partial charge on any atom is -0.490 e. The summed E-state index contributed by atoms with van der Waals surface area (Å²) >= 11 is 0. The maximum atomic E-state index is 13.0. The summed E-state index contributed by atoms with van der Waals surface area (Å²) in [7, 11) is 0. The molecule has 0 aliphatic heterocycles. The molecule has 5 rings (SSSR count). The number of carbonyl (C=O) groups is 2. The smallest absolute Gasteiger partial charge is 0.344 e. The summed E-state index contributed by atoms with van der Waals surface area (Å²) in [4.78, 5) is 25.2. The molecule has 41 heavy (non-hydrogen) atoms. The van der Waals surface area contributed by atoms with Crippen molar-refractivity contribution in [2.24, 2.45) is 5.10 Å². The predicted octanol–water partition coefficient (Wildman–Crippen LogP) is 6.65. The highest BCUT2D eigenvalue weighted by Gasteiger charge is 2.15. The predicted molar refractivity (Wildman–Crippen MR) is 160 cm³/mol. The largest absolute Gasteiger partial charge is 0.490 e. The van der Waals surface area contributed by atoms with Crippen LogP contribution >= 0.6 is 0 Å². The van der Waals surface area contributed by atoms with Crippen molar-refractivity contribution < 1.29 is 23.8 Å². The van der Waals surface area contributed by atoms with Crippen LogP contribution in [0.25, 0.3) is 21.9 Å². The van der Waals surface area contributed by atoms with Gasteiger partial charge in [0.05, 0.1) is 18.4 Å². The van der Waals surface area contributed by atoms with Crippen molar-refractivity contribution in [3.05, 3.63) is 126 Å². The molecule has 0 heterocycles. The Morgan fingerprint density at radius 2 is 1.49 bits per heavy atom. The Labute approximate surface area is 238 Å². The van der Waals surface area contributed by atoms with E-state index in [1.807, 2.05) is 97.9 Å². The Kier molecular flexibility index (Phi) is 8.66. The zero-order valence-electron chi connectivity index (χ0n) is 22.4. The van der Waals surface area contributed by atoms with E-state index in [0.717, 1.165) is 21.9 Å². The molecule has 7 heteroatoms. The molecule has 0 saturated carbocycles. The molecule has 0 fully saturated rings. The second-order valence-corrected chi connectivity index (χ2v) is 9.03. The highest BCUT2D eigenvalue weighted by Crippen LogP contribution is 2.30. The van der Waals surface area contributed by atoms with Gasteiger partial charge >= 0.3 is 5.97 Å². The molecule has 204 valence electrons. The molecule has 0 aliphatic rings. The van der Waals surface area contributed by atoms with Gasteiger partial charge in [-0.25, -0.2) is 10.2 Å². The molecule has 7 nitrogen and oxygen atoms in total. The van der Waals surface area contributed by atoms with Crippen LogP contribution in [0.5, 0.6) is 17.2 Å². The number of hydrogen-bond acceptors (Lipinski definition) is 6. The molecule has 0 saturated heterocycles. The number of hydrogen-bond donors (Lipinski definition) is 1. The number of ether oxygens (including phenoxy) is 3. The van der Waals surface area contributed by atoms with Crippen molar-refractivity contribution in [3.8, 4) is 28.4 Å². The monoisotopic (exact) mass is 544 g/mol. The summed E-state index contributed by atoms with van der Waals surface area (Å²) in [6.45, 7) is 2.03. The molecule has 5 aromatic carbocycles. The number of esters is 1. The number of benzene rings is 5. The summed E-state index contributed by atoms with van der Waals surface area (Å²) in [6.07, 6.45) is 1.48. The van der Waals surface area contributed by atoms with Gasteiger partial charge in [0.2, 0.25) is 0 Å². The first-order valence-corrected chi connectivity index (χ1v) is 13.2. The number of nitrogens with zero attached hydrogens (tertiary/aromatic N) is 1. The first-order valence-electron chi connectivity index (χ1n) is 13.2. The van der Waals surface area contributed by atoms with E-state index in [1.165, 1.54) is 6.21 Å². The van der Waals surface area contributed by atoms with Crippen LogP contribution in [-0.2, 0) is 4.79 Å². The first kappa shape index (κ1) is 27.1. The average Bonchev–Trinajstić information content (AvgIpc) is 3.01. The fraction of sp³-hybridized carbons (Fsp3) is 0.0882. The molecule has 1 N–H and O–H groups in total. The lowest BCUT2D eigenvalue weighted by Gasteiger charge is -2.12. The van der Waals surface area contributed by atoms with E-state index in [9.17, 15) is 9.59 Å². The van der Waals surface area contributed by atoms with Crippen molar-refractivity contribution in [3.63, 3.8) is 0 Å². The van der Waals surface area contributed by atoms with Gasteiger partial charge in [-0.15, -0.1) is 0 Å². The normalized spacial score (nSPS) is 10.9. The highest BCUT2D eigenvalue weighted by atomic mass is 16.6. The van der Waals surface area contributed by atoms with Crippen LogP contribution in [0.2, 0.25) is 0 Å². The lowest BCUT2D eigenvalue weighted by atomic mass is 10.0. The van der Waals surface area contributed by atoms with E-state index in [0.29, 0.717) is 29.2 Å². The zero-order valence-corrected chi connectivity index (χ0v) is 22.4. The first-order chi connectivity index (χ1) is 20.1. The van der Waals surface area contributed by atoms with Crippen LogP contribution in [-0.4, -0.2) is 31.3 Å². The zero-order chi connectivity index (χ0) is 28.4. The van der Waals surface area contributed by atoms with Crippen LogP contribution in [0.15, 0.2) is 120 Å². The number of rotatable bonds is 10. The summed E-state index contributed by atoms with van der Waals surface area (Å²) < 4.78 is 17.0. The molecule has 0 bridgehead atoms. The van der Waals surface area contributed by atoms with Crippen LogP contribution in [0.3, 0.4) is 0 Å². The molecule has 0 unspecified atom stereocenters. The summed E-state index contributed by atoms with van der Waals surface area (Å²) in [5, 5.41) is 5.77. The number of hydrazone groups is 1. The topological polar surface area (TPSA) is 86.2 Å². The van der Waals surface area contributed by atoms with E-state index in [-0.39, 0.29) is 12.4 Å². The second-order valence-electron chi connectivity index (χ2n) is 9.03. The lowest BCUT2D eigenvalue weighted by molar-refractivity contribution is -0.123. The van der Waals surface area contributed by atoms with Gasteiger partial charge in [-0.05, 0) is 70.8 Å². The van der Waals surface area contributed by atoms with Gasteiger partial charge in [0, 0.05) is 0 Å². The third-order valence-corrected chi connectivity index (χ3v) is 6.21. The standard InChI is InChI=1S/C34H28N2O5/c1-2-39-32-21-24(15-20-31(32)41-34(38)30-14-8-12-27-11-6-7-13-29(27)30)22-35-36-33(37)23-40-28-18-16-26(17-19-28)25-9-4-3-5-10-25/h3-22H,2,23H2,1H3,(H,36,37). The molecule has 0 aliphatic carbocycles. The van der Waals surface area contributed by atoms with E-state index < -0.39 is 11.9 Å². The van der Waals surface area contributed by atoms with Crippen LogP contribution in [0, 0.1) is 0 Å². The van der Waals surface area contributed by atoms with Gasteiger partial charge in [0.1, 0.15) is 5.75 Å². The van der Waals surface area contributed by atoms with Crippen molar-refractivity contribution in [1.82, 2.24) is 5.43 Å². The second kappa shape index (κ2) is 13.1. The molecule has 0 atom stereocenters. The molecule has 1 amide bonds. The Hall–Kier alpha value is -5.43. The van der Waals surface area contributed by atoms with E-state index >= 15 is 0 Å². The fourth-order valence-corrected chi connectivity index (χ4v) is 4.25. The van der Waals surface area contributed by atoms with Crippen molar-refractivity contribution >= 4 is 28.9 Å². The summed E-state index contributed by atoms with van der Waals surface area (Å²) in [5.41, 5.74) is 5.74. The van der Waals surface area contributed by atoms with Crippen molar-refractivity contribution in [1.29, 1.82) is 0 Å². The summed E-state index contributed by atoms with van der Waals surface area (Å²) in [6, 6.07) is 35.7. The van der Waals surface area contributed by atoms with Crippen LogP contribution < -0.4 is 19.6 Å². The maximum Gasteiger partial charge on any atom is 0.344 e. The number of nitrogens with one attached hydrogen (secondary N) is 1. The minimum atomic E-state index is -0.480. The van der Waals surface area contributed by atoms with Gasteiger partial charge < -0.3 is 14.2 Å². The fourth-order valence-electron chi connectivity index (χ4n) is 4.25. The Bertz CT molecular complexity index is 1680. The molecule has 0 spiro atoms. The van der Waals surface area contributed by atoms with E-state index in [4.69, 9.17) is 14.2 Å². The Morgan fingerprint density at radius 3 is 2.29 bits per heavy atom. The third-order valence-electron chi connectivity index (χ3n) is 6.21. The number of amides is 1. The van der Waals surface area contributed by atoms with E-state index in [2.05, 4.69) is 10.5 Å². The van der Waals surface area contributed by atoms with Crippen molar-refractivity contribution in [2.45, 2.75) is 6.92 Å². The molecular weight excluding hydrogens is 516 g/mol. The maximum absolute atomic E-state index is 13.0. The molecule has 5 aromatic rings. The Morgan fingerprint density at radius 1 is 0.756 bits per heavy atom. The average molecular weight is 545 g/mol. The molecule has 0 radical (unpaired) electrons. The van der Waals surface area contributed by atoms with Gasteiger partial charge in [0.15, 0.2) is 18.1 Å². The van der Waals surface area contributed by atoms with Crippen LogP contribution in [0.4, 0.5) is 0 Å². The third kappa shape index (κ3) is 6.96. The van der Waals surface area contributed by atoms with Gasteiger partial charge in [-0.2, -0.15) is 5.10 Å².